The molecule has 0 fully saturated rings. The summed E-state index contributed by atoms with van der Waals surface area (Å²) in [5.74, 6) is -4.04. The van der Waals surface area contributed by atoms with Gasteiger partial charge in [-0.05, 0) is 44.6 Å². The van der Waals surface area contributed by atoms with E-state index in [1.54, 1.807) is 20.8 Å². The molecule has 18 heteroatoms. The highest BCUT2D eigenvalue weighted by Crippen LogP contribution is 2.25. The number of benzene rings is 1. The Bertz CT molecular complexity index is 1660. The summed E-state index contributed by atoms with van der Waals surface area (Å²) in [5, 5.41) is 38.8. The summed E-state index contributed by atoms with van der Waals surface area (Å²) < 4.78 is 0. The van der Waals surface area contributed by atoms with Crippen LogP contribution in [0.15, 0.2) is 40.3 Å². The molecule has 56 heavy (non-hydrogen) atoms. The Kier molecular flexibility index (Phi) is 16.3. The van der Waals surface area contributed by atoms with Crippen molar-refractivity contribution in [3.8, 4) is 0 Å². The second-order valence-electron chi connectivity index (χ2n) is 14.8. The summed E-state index contributed by atoms with van der Waals surface area (Å²) in [6.07, 6.45) is -1.34. The molecule has 6 amide bonds. The maximum Gasteiger partial charge on any atom is 0.246 e. The normalized spacial score (nSPS) is 30.8. The van der Waals surface area contributed by atoms with Crippen molar-refractivity contribution in [1.29, 1.82) is 0 Å². The summed E-state index contributed by atoms with van der Waals surface area (Å²) in [6.45, 7) is 11.7. The first kappa shape index (κ1) is 44.7. The molecule has 3 aliphatic heterocycles. The maximum atomic E-state index is 13.9. The largest absolute Gasteiger partial charge is 0.391 e. The fraction of sp³-hybridized carbons (Fsp3) is 0.632. The van der Waals surface area contributed by atoms with Gasteiger partial charge in [0.05, 0.1) is 34.4 Å². The number of aliphatic imine (C=N–C) groups is 2. The number of hydrogen-bond acceptors (Lipinski definition) is 12. The maximum absolute atomic E-state index is 13.9. The van der Waals surface area contributed by atoms with Crippen LogP contribution in [0.25, 0.3) is 0 Å². The Morgan fingerprint density at radius 1 is 0.607 bits per heavy atom. The van der Waals surface area contributed by atoms with Crippen LogP contribution >= 0.6 is 23.5 Å². The number of nitrogens with zero attached hydrogens (tertiary/aromatic N) is 2. The number of rotatable bonds is 8. The number of thioether (sulfide) groups is 2. The molecular formula is C38H56N8O8S2. The Morgan fingerprint density at radius 3 is 1.48 bits per heavy atom. The van der Waals surface area contributed by atoms with Gasteiger partial charge in [0, 0.05) is 11.5 Å². The van der Waals surface area contributed by atoms with Gasteiger partial charge in [-0.25, -0.2) is 0 Å². The van der Waals surface area contributed by atoms with E-state index in [-0.39, 0.29) is 29.8 Å². The zero-order chi connectivity index (χ0) is 41.3. The fourth-order valence-electron chi connectivity index (χ4n) is 6.36. The van der Waals surface area contributed by atoms with E-state index in [0.29, 0.717) is 22.9 Å². The smallest absolute Gasteiger partial charge is 0.246 e. The summed E-state index contributed by atoms with van der Waals surface area (Å²) in [7, 11) is 0. The molecule has 308 valence electrons. The SMILES string of the molecule is CC[C@H](C)[C@@H]1NC(=O)C2CSC(=N2)[C@@H](Cc2ccccc2)NC(=O)[C@H]([C@@H](C)O)NC(=O)[C@H]([C@@H](C)CC)NC(=O)C2CSC(=N2)[C@@H](C)NC(=O)[C@H]([C@@H](C)O)NC1=O. The first-order chi connectivity index (χ1) is 26.5. The van der Waals surface area contributed by atoms with E-state index in [4.69, 9.17) is 0 Å². The van der Waals surface area contributed by atoms with E-state index in [0.717, 1.165) is 5.56 Å². The lowest BCUT2D eigenvalue weighted by Gasteiger charge is -2.29. The summed E-state index contributed by atoms with van der Waals surface area (Å²) in [6, 6.07) is 1.11. The lowest BCUT2D eigenvalue weighted by atomic mass is 9.97. The number of fused-ring (bicyclic) bond motifs is 2. The van der Waals surface area contributed by atoms with E-state index in [9.17, 15) is 39.0 Å². The second kappa shape index (κ2) is 20.4. The van der Waals surface area contributed by atoms with Crippen molar-refractivity contribution in [2.24, 2.45) is 21.8 Å². The molecular weight excluding hydrogens is 761 g/mol. The molecule has 3 aliphatic rings. The first-order valence-corrected chi connectivity index (χ1v) is 21.1. The average Bonchev–Trinajstić information content (AvgIpc) is 3.87. The van der Waals surface area contributed by atoms with Crippen LogP contribution in [0.1, 0.15) is 66.9 Å². The predicted molar refractivity (Wildman–Crippen MR) is 217 cm³/mol. The van der Waals surface area contributed by atoms with Crippen molar-refractivity contribution in [2.75, 3.05) is 11.5 Å². The zero-order valence-corrected chi connectivity index (χ0v) is 34.5. The van der Waals surface area contributed by atoms with Gasteiger partial charge < -0.3 is 42.1 Å². The molecule has 0 saturated carbocycles. The molecule has 0 spiro atoms. The van der Waals surface area contributed by atoms with Crippen LogP contribution < -0.4 is 31.9 Å². The standard InChI is InChI=1S/C38H56N8O8S2/c1-8-18(3)27-33(51)45-29(21(6)47)35(53)39-20(5)37-41-25(16-55-37)31(49)43-28(19(4)9-2)34(52)46-30(22(7)48)36(54)40-24(15-23-13-11-10-12-14-23)38-42-26(17-56-38)32(50)44-27/h10-14,18-22,24-30,47-48H,8-9,15-17H2,1-7H3,(H,39,53)(H,40,54)(H,43,49)(H,44,50)(H,45,51)(H,46,52)/t18-,19-,20+,21+,22+,24+,25?,26?,27-,28-,29-,30-/m0/s1. The number of hydrogen-bond donors (Lipinski definition) is 8. The molecule has 1 aromatic rings. The number of aliphatic hydroxyl groups is 2. The van der Waals surface area contributed by atoms with E-state index in [1.807, 2.05) is 44.2 Å². The first-order valence-electron chi connectivity index (χ1n) is 19.2. The van der Waals surface area contributed by atoms with Crippen molar-refractivity contribution in [3.05, 3.63) is 35.9 Å². The molecule has 4 rings (SSSR count). The molecule has 3 heterocycles. The van der Waals surface area contributed by atoms with Crippen LogP contribution in [0.2, 0.25) is 0 Å². The second-order valence-corrected chi connectivity index (χ2v) is 16.8. The number of carbonyl (C=O) groups is 6. The van der Waals surface area contributed by atoms with E-state index in [2.05, 4.69) is 41.9 Å². The minimum Gasteiger partial charge on any atom is -0.391 e. The Morgan fingerprint density at radius 2 is 1.02 bits per heavy atom. The van der Waals surface area contributed by atoms with Crippen molar-refractivity contribution in [1.82, 2.24) is 31.9 Å². The van der Waals surface area contributed by atoms with Gasteiger partial charge in [-0.2, -0.15) is 0 Å². The van der Waals surface area contributed by atoms with Crippen LogP contribution in [0.4, 0.5) is 0 Å². The molecule has 16 nitrogen and oxygen atoms in total. The van der Waals surface area contributed by atoms with Gasteiger partial charge >= 0.3 is 0 Å². The Hall–Kier alpha value is -4.00. The highest BCUT2D eigenvalue weighted by atomic mass is 32.2. The van der Waals surface area contributed by atoms with Gasteiger partial charge in [0.25, 0.3) is 0 Å². The quantitative estimate of drug-likeness (QED) is 0.176. The third kappa shape index (κ3) is 11.5. The molecule has 8 N–H and O–H groups in total. The van der Waals surface area contributed by atoms with Crippen molar-refractivity contribution in [3.63, 3.8) is 0 Å². The fourth-order valence-corrected chi connectivity index (χ4v) is 8.52. The number of nitrogens with one attached hydrogen (secondary N) is 6. The molecule has 12 atom stereocenters. The van der Waals surface area contributed by atoms with Crippen molar-refractivity contribution < 1.29 is 39.0 Å². The number of amides is 6. The Balaban J connectivity index is 1.74. The predicted octanol–water partition coefficient (Wildman–Crippen LogP) is 0.0530. The van der Waals surface area contributed by atoms with Crippen LogP contribution in [0, 0.1) is 11.8 Å². The summed E-state index contributed by atoms with van der Waals surface area (Å²) in [4.78, 5) is 91.5. The van der Waals surface area contributed by atoms with Crippen molar-refractivity contribution in [2.45, 2.75) is 128 Å². The van der Waals surface area contributed by atoms with E-state index in [1.165, 1.54) is 37.4 Å². The van der Waals surface area contributed by atoms with E-state index >= 15 is 0 Å². The highest BCUT2D eigenvalue weighted by molar-refractivity contribution is 8.14. The molecule has 2 unspecified atom stereocenters. The molecule has 4 bridgehead atoms. The van der Waals surface area contributed by atoms with Gasteiger partial charge in [0.15, 0.2) is 0 Å². The molecule has 0 radical (unpaired) electrons. The third-order valence-electron chi connectivity index (χ3n) is 10.3. The highest BCUT2D eigenvalue weighted by Gasteiger charge is 2.39. The molecule has 0 aromatic heterocycles. The van der Waals surface area contributed by atoms with Gasteiger partial charge in [-0.1, -0.05) is 70.9 Å². The van der Waals surface area contributed by atoms with Gasteiger partial charge in [0.2, 0.25) is 35.4 Å². The van der Waals surface area contributed by atoms with E-state index < -0.39 is 96.0 Å². The zero-order valence-electron chi connectivity index (χ0n) is 32.9. The van der Waals surface area contributed by atoms with Gasteiger partial charge in [-0.3, -0.25) is 38.8 Å². The van der Waals surface area contributed by atoms with Gasteiger partial charge in [0.1, 0.15) is 36.3 Å². The Labute approximate surface area is 336 Å². The monoisotopic (exact) mass is 816 g/mol. The number of carbonyl (C=O) groups excluding carboxylic acids is 6. The summed E-state index contributed by atoms with van der Waals surface area (Å²) in [5.41, 5.74) is 0.856. The lowest BCUT2D eigenvalue weighted by molar-refractivity contribution is -0.135. The van der Waals surface area contributed by atoms with Crippen LogP contribution in [0.3, 0.4) is 0 Å². The topological polar surface area (TPSA) is 240 Å². The minimum atomic E-state index is -1.41. The number of aliphatic hydroxyl groups excluding tert-OH is 2. The lowest BCUT2D eigenvalue weighted by Crippen LogP contribution is -2.60. The average molecular weight is 817 g/mol. The molecule has 0 saturated heterocycles. The summed E-state index contributed by atoms with van der Waals surface area (Å²) >= 11 is 2.51. The van der Waals surface area contributed by atoms with Crippen LogP contribution in [-0.2, 0) is 35.2 Å². The minimum absolute atomic E-state index is 0.212. The van der Waals surface area contributed by atoms with Gasteiger partial charge in [-0.15, -0.1) is 23.5 Å². The molecule has 1 aromatic carbocycles. The van der Waals surface area contributed by atoms with Crippen LogP contribution in [0.5, 0.6) is 0 Å². The van der Waals surface area contributed by atoms with Crippen LogP contribution in [-0.4, -0.2) is 128 Å². The third-order valence-corrected chi connectivity index (χ3v) is 12.7. The van der Waals surface area contributed by atoms with Crippen molar-refractivity contribution >= 4 is 69.1 Å². The molecule has 0 aliphatic carbocycles.